The van der Waals surface area contributed by atoms with E-state index in [1.807, 2.05) is 30.0 Å². The average Bonchev–Trinajstić information content (AvgIpc) is 2.94. The van der Waals surface area contributed by atoms with Gasteiger partial charge >= 0.3 is 0 Å². The van der Waals surface area contributed by atoms with E-state index in [1.165, 1.54) is 0 Å². The number of likely N-dealkylation sites (tertiary alicyclic amines) is 1. The first-order chi connectivity index (χ1) is 9.61. The van der Waals surface area contributed by atoms with Crippen LogP contribution >= 0.6 is 12.4 Å². The molecule has 0 spiro atoms. The molecule has 4 nitrogen and oxygen atoms in total. The summed E-state index contributed by atoms with van der Waals surface area (Å²) in [6, 6.07) is 8.28. The molecular weight excluding hydrogens is 288 g/mol. The molecule has 1 fully saturated rings. The summed E-state index contributed by atoms with van der Waals surface area (Å²) in [5.74, 6) is 1.06. The van der Waals surface area contributed by atoms with Gasteiger partial charge in [-0.25, -0.2) is 0 Å². The van der Waals surface area contributed by atoms with Gasteiger partial charge in [-0.3, -0.25) is 4.79 Å². The standard InChI is InChI=1S/C16H24N2O2.ClH/c1-12(17)8-9-16(19)18-10-4-7-15(18)13-5-3-6-14(11-13)20-2;/h3,5-6,11-12,15H,4,7-10,17H2,1-2H3;1H. The van der Waals surface area contributed by atoms with Gasteiger partial charge in [-0.1, -0.05) is 12.1 Å². The van der Waals surface area contributed by atoms with Crippen molar-refractivity contribution in [2.75, 3.05) is 13.7 Å². The largest absolute Gasteiger partial charge is 0.497 e. The summed E-state index contributed by atoms with van der Waals surface area (Å²) >= 11 is 0. The molecule has 1 aromatic carbocycles. The van der Waals surface area contributed by atoms with Crippen LogP contribution in [0.3, 0.4) is 0 Å². The molecule has 2 rings (SSSR count). The highest BCUT2D eigenvalue weighted by Gasteiger charge is 2.29. The molecule has 118 valence electrons. The Labute approximate surface area is 133 Å². The average molecular weight is 313 g/mol. The van der Waals surface area contributed by atoms with Gasteiger partial charge in [0.05, 0.1) is 13.2 Å². The molecule has 0 saturated carbocycles. The Balaban J connectivity index is 0.00000220. The molecule has 1 aliphatic heterocycles. The molecule has 1 heterocycles. The predicted octanol–water partition coefficient (Wildman–Crippen LogP) is 2.91. The second-order valence-electron chi connectivity index (χ2n) is 5.54. The first kappa shape index (κ1) is 17.8. The normalized spacial score (nSPS) is 19.0. The van der Waals surface area contributed by atoms with E-state index >= 15 is 0 Å². The third kappa shape index (κ3) is 4.61. The van der Waals surface area contributed by atoms with Gasteiger partial charge in [0.1, 0.15) is 5.75 Å². The molecule has 1 saturated heterocycles. The zero-order valence-corrected chi connectivity index (χ0v) is 13.6. The van der Waals surface area contributed by atoms with Crippen LogP contribution < -0.4 is 10.5 Å². The van der Waals surface area contributed by atoms with Crippen molar-refractivity contribution >= 4 is 18.3 Å². The molecule has 2 unspecified atom stereocenters. The van der Waals surface area contributed by atoms with E-state index in [4.69, 9.17) is 10.5 Å². The van der Waals surface area contributed by atoms with Crippen molar-refractivity contribution in [3.05, 3.63) is 29.8 Å². The van der Waals surface area contributed by atoms with Crippen LogP contribution in [0.15, 0.2) is 24.3 Å². The molecule has 0 aromatic heterocycles. The lowest BCUT2D eigenvalue weighted by Crippen LogP contribution is -2.31. The lowest BCUT2D eigenvalue weighted by molar-refractivity contribution is -0.132. The van der Waals surface area contributed by atoms with E-state index in [-0.39, 0.29) is 30.4 Å². The van der Waals surface area contributed by atoms with Crippen LogP contribution in [0.4, 0.5) is 0 Å². The Morgan fingerprint density at radius 3 is 2.95 bits per heavy atom. The van der Waals surface area contributed by atoms with Gasteiger partial charge in [-0.2, -0.15) is 0 Å². The van der Waals surface area contributed by atoms with Crippen LogP contribution in [0.25, 0.3) is 0 Å². The van der Waals surface area contributed by atoms with Crippen molar-refractivity contribution in [2.24, 2.45) is 5.73 Å². The summed E-state index contributed by atoms with van der Waals surface area (Å²) in [5.41, 5.74) is 6.90. The van der Waals surface area contributed by atoms with Crippen LogP contribution in [0.1, 0.15) is 44.2 Å². The van der Waals surface area contributed by atoms with E-state index in [9.17, 15) is 4.79 Å². The van der Waals surface area contributed by atoms with Crippen molar-refractivity contribution in [1.82, 2.24) is 4.90 Å². The topological polar surface area (TPSA) is 55.6 Å². The zero-order valence-electron chi connectivity index (χ0n) is 12.7. The number of benzene rings is 1. The van der Waals surface area contributed by atoms with Gasteiger partial charge < -0.3 is 15.4 Å². The molecule has 21 heavy (non-hydrogen) atoms. The highest BCUT2D eigenvalue weighted by molar-refractivity contribution is 5.85. The second-order valence-corrected chi connectivity index (χ2v) is 5.54. The summed E-state index contributed by atoms with van der Waals surface area (Å²) in [5, 5.41) is 0. The van der Waals surface area contributed by atoms with E-state index in [0.717, 1.165) is 37.1 Å². The van der Waals surface area contributed by atoms with E-state index < -0.39 is 0 Å². The maximum Gasteiger partial charge on any atom is 0.223 e. The Morgan fingerprint density at radius 2 is 2.29 bits per heavy atom. The number of halogens is 1. The summed E-state index contributed by atoms with van der Waals surface area (Å²) in [7, 11) is 1.67. The molecule has 1 aromatic rings. The molecule has 1 aliphatic rings. The number of carbonyl (C=O) groups is 1. The SMILES string of the molecule is COc1cccc(C2CCCN2C(=O)CCC(C)N)c1.Cl. The maximum absolute atomic E-state index is 12.3. The number of methoxy groups -OCH3 is 1. The summed E-state index contributed by atoms with van der Waals surface area (Å²) < 4.78 is 5.27. The van der Waals surface area contributed by atoms with Gasteiger partial charge in [0.25, 0.3) is 0 Å². The van der Waals surface area contributed by atoms with E-state index in [1.54, 1.807) is 7.11 Å². The molecule has 0 radical (unpaired) electrons. The summed E-state index contributed by atoms with van der Waals surface area (Å²) in [4.78, 5) is 14.3. The van der Waals surface area contributed by atoms with Crippen molar-refractivity contribution in [3.63, 3.8) is 0 Å². The van der Waals surface area contributed by atoms with Crippen molar-refractivity contribution in [2.45, 2.75) is 44.7 Å². The fourth-order valence-corrected chi connectivity index (χ4v) is 2.76. The number of hydrogen-bond donors (Lipinski definition) is 1. The van der Waals surface area contributed by atoms with Gasteiger partial charge in [0, 0.05) is 19.0 Å². The Hall–Kier alpha value is -1.26. The van der Waals surface area contributed by atoms with Gasteiger partial charge in [0.2, 0.25) is 5.91 Å². The lowest BCUT2D eigenvalue weighted by atomic mass is 10.0. The highest BCUT2D eigenvalue weighted by atomic mass is 35.5. The van der Waals surface area contributed by atoms with Gasteiger partial charge in [-0.15, -0.1) is 12.4 Å². The summed E-state index contributed by atoms with van der Waals surface area (Å²) in [6.45, 7) is 2.79. The molecule has 0 bridgehead atoms. The van der Waals surface area contributed by atoms with Crippen molar-refractivity contribution in [1.29, 1.82) is 0 Å². The lowest BCUT2D eigenvalue weighted by Gasteiger charge is -2.25. The molecular formula is C16H25ClN2O2. The number of carbonyl (C=O) groups excluding carboxylic acids is 1. The fourth-order valence-electron chi connectivity index (χ4n) is 2.76. The fraction of sp³-hybridized carbons (Fsp3) is 0.562. The van der Waals surface area contributed by atoms with Crippen LogP contribution in [-0.4, -0.2) is 30.5 Å². The Bertz CT molecular complexity index is 465. The van der Waals surface area contributed by atoms with E-state index in [2.05, 4.69) is 6.07 Å². The van der Waals surface area contributed by atoms with Crippen molar-refractivity contribution < 1.29 is 9.53 Å². The first-order valence-electron chi connectivity index (χ1n) is 7.31. The Kier molecular flexibility index (Phi) is 6.99. The van der Waals surface area contributed by atoms with Crippen LogP contribution in [-0.2, 0) is 4.79 Å². The van der Waals surface area contributed by atoms with Crippen LogP contribution in [0.5, 0.6) is 5.75 Å². The second kappa shape index (κ2) is 8.25. The van der Waals surface area contributed by atoms with Gasteiger partial charge in [0.15, 0.2) is 0 Å². The first-order valence-corrected chi connectivity index (χ1v) is 7.31. The number of nitrogens with two attached hydrogens (primary N) is 1. The maximum atomic E-state index is 12.3. The van der Waals surface area contributed by atoms with Crippen LogP contribution in [0.2, 0.25) is 0 Å². The smallest absolute Gasteiger partial charge is 0.223 e. The number of amides is 1. The van der Waals surface area contributed by atoms with E-state index in [0.29, 0.717) is 6.42 Å². The number of hydrogen-bond acceptors (Lipinski definition) is 3. The van der Waals surface area contributed by atoms with Crippen molar-refractivity contribution in [3.8, 4) is 5.75 Å². The molecule has 1 amide bonds. The van der Waals surface area contributed by atoms with Gasteiger partial charge in [-0.05, 0) is 43.9 Å². The molecule has 0 aliphatic carbocycles. The molecule has 2 N–H and O–H groups in total. The minimum Gasteiger partial charge on any atom is -0.497 e. The monoisotopic (exact) mass is 312 g/mol. The predicted molar refractivity (Wildman–Crippen MR) is 86.8 cm³/mol. The molecule has 2 atom stereocenters. The minimum absolute atomic E-state index is 0. The number of rotatable bonds is 5. The minimum atomic E-state index is 0. The summed E-state index contributed by atoms with van der Waals surface area (Å²) in [6.07, 6.45) is 3.38. The third-order valence-electron chi connectivity index (χ3n) is 3.87. The number of ether oxygens (including phenoxy) is 1. The van der Waals surface area contributed by atoms with Crippen LogP contribution in [0, 0.1) is 0 Å². The molecule has 5 heteroatoms. The highest BCUT2D eigenvalue weighted by Crippen LogP contribution is 2.33. The zero-order chi connectivity index (χ0) is 14.5. The number of nitrogens with zero attached hydrogens (tertiary/aromatic N) is 1. The third-order valence-corrected chi connectivity index (χ3v) is 3.87. The Morgan fingerprint density at radius 1 is 1.52 bits per heavy atom. The quantitative estimate of drug-likeness (QED) is 0.909.